The quantitative estimate of drug-likeness (QED) is 0.839. The SMILES string of the molecule is Cc1c(-c2ccccc2)cccc1N(C1CCNCC1)C1CC(C(=O)O)C1. The molecule has 0 atom stereocenters. The van der Waals surface area contributed by atoms with Crippen LogP contribution in [-0.4, -0.2) is 36.2 Å². The first-order valence-corrected chi connectivity index (χ1v) is 10.0. The van der Waals surface area contributed by atoms with Gasteiger partial charge in [-0.3, -0.25) is 4.79 Å². The van der Waals surface area contributed by atoms with Crippen LogP contribution in [0.1, 0.15) is 31.2 Å². The zero-order valence-electron chi connectivity index (χ0n) is 15.9. The molecule has 4 heteroatoms. The van der Waals surface area contributed by atoms with Gasteiger partial charge in [0.15, 0.2) is 0 Å². The molecule has 0 bridgehead atoms. The van der Waals surface area contributed by atoms with Crippen LogP contribution in [-0.2, 0) is 4.79 Å². The van der Waals surface area contributed by atoms with Gasteiger partial charge >= 0.3 is 5.97 Å². The zero-order chi connectivity index (χ0) is 18.8. The number of nitrogens with one attached hydrogen (secondary N) is 1. The van der Waals surface area contributed by atoms with E-state index in [4.69, 9.17) is 0 Å². The number of piperidine rings is 1. The third kappa shape index (κ3) is 3.59. The lowest BCUT2D eigenvalue weighted by Gasteiger charge is -2.48. The molecule has 1 saturated heterocycles. The van der Waals surface area contributed by atoms with Crippen molar-refractivity contribution < 1.29 is 9.90 Å². The van der Waals surface area contributed by atoms with Gasteiger partial charge in [-0.05, 0) is 68.5 Å². The van der Waals surface area contributed by atoms with Crippen molar-refractivity contribution in [2.75, 3.05) is 18.0 Å². The van der Waals surface area contributed by atoms with Crippen LogP contribution < -0.4 is 10.2 Å². The molecule has 0 amide bonds. The standard InChI is InChI=1S/C23H28N2O2/c1-16-21(17-6-3-2-4-7-17)8-5-9-22(16)25(19-10-12-24-13-11-19)20-14-18(15-20)23(26)27/h2-9,18-20,24H,10-15H2,1H3,(H,26,27). The van der Waals surface area contributed by atoms with Gasteiger partial charge in [-0.15, -0.1) is 0 Å². The zero-order valence-corrected chi connectivity index (χ0v) is 15.9. The second kappa shape index (κ2) is 7.73. The first kappa shape index (κ1) is 18.1. The Balaban J connectivity index is 1.69. The van der Waals surface area contributed by atoms with Gasteiger partial charge in [-0.25, -0.2) is 0 Å². The highest BCUT2D eigenvalue weighted by molar-refractivity contribution is 5.75. The molecular formula is C23H28N2O2. The molecule has 1 saturated carbocycles. The minimum Gasteiger partial charge on any atom is -0.481 e. The summed E-state index contributed by atoms with van der Waals surface area (Å²) in [7, 11) is 0. The Morgan fingerprint density at radius 2 is 1.70 bits per heavy atom. The molecule has 2 aliphatic rings. The van der Waals surface area contributed by atoms with E-state index in [1.165, 1.54) is 22.4 Å². The molecule has 0 spiro atoms. The number of aliphatic carboxylic acids is 1. The van der Waals surface area contributed by atoms with Gasteiger partial charge in [-0.1, -0.05) is 42.5 Å². The Labute approximate surface area is 161 Å². The van der Waals surface area contributed by atoms with Gasteiger partial charge in [0.2, 0.25) is 0 Å². The summed E-state index contributed by atoms with van der Waals surface area (Å²) in [4.78, 5) is 13.9. The Morgan fingerprint density at radius 1 is 1.00 bits per heavy atom. The first-order chi connectivity index (χ1) is 13.1. The van der Waals surface area contributed by atoms with Crippen molar-refractivity contribution in [3.05, 3.63) is 54.1 Å². The molecule has 2 N–H and O–H groups in total. The highest BCUT2D eigenvalue weighted by Gasteiger charge is 2.41. The Morgan fingerprint density at radius 3 is 2.37 bits per heavy atom. The lowest BCUT2D eigenvalue weighted by atomic mass is 9.77. The summed E-state index contributed by atoms with van der Waals surface area (Å²) >= 11 is 0. The van der Waals surface area contributed by atoms with E-state index in [1.807, 2.05) is 6.07 Å². The number of hydrogen-bond acceptors (Lipinski definition) is 3. The molecule has 2 fully saturated rings. The molecule has 4 nitrogen and oxygen atoms in total. The summed E-state index contributed by atoms with van der Waals surface area (Å²) in [6.45, 7) is 4.28. The Kier molecular flexibility index (Phi) is 5.17. The minimum absolute atomic E-state index is 0.183. The predicted molar refractivity (Wildman–Crippen MR) is 109 cm³/mol. The van der Waals surface area contributed by atoms with E-state index in [0.29, 0.717) is 12.1 Å². The Hall–Kier alpha value is -2.33. The predicted octanol–water partition coefficient (Wildman–Crippen LogP) is 4.08. The van der Waals surface area contributed by atoms with Gasteiger partial charge in [0, 0.05) is 17.8 Å². The van der Waals surface area contributed by atoms with E-state index < -0.39 is 5.97 Å². The van der Waals surface area contributed by atoms with Crippen molar-refractivity contribution in [1.29, 1.82) is 0 Å². The van der Waals surface area contributed by atoms with E-state index in [-0.39, 0.29) is 5.92 Å². The molecule has 0 unspecified atom stereocenters. The fourth-order valence-electron chi connectivity index (χ4n) is 4.63. The number of hydrogen-bond donors (Lipinski definition) is 2. The van der Waals surface area contributed by atoms with E-state index in [0.717, 1.165) is 38.8 Å². The van der Waals surface area contributed by atoms with Gasteiger partial charge in [0.05, 0.1) is 5.92 Å². The molecule has 142 valence electrons. The average Bonchev–Trinajstić information content (AvgIpc) is 2.66. The van der Waals surface area contributed by atoms with Crippen molar-refractivity contribution in [2.45, 2.75) is 44.7 Å². The second-order valence-electron chi connectivity index (χ2n) is 7.86. The van der Waals surface area contributed by atoms with Crippen molar-refractivity contribution in [1.82, 2.24) is 5.32 Å². The number of carboxylic acid groups (broad SMARTS) is 1. The number of carbonyl (C=O) groups is 1. The summed E-state index contributed by atoms with van der Waals surface area (Å²) in [5, 5.41) is 12.8. The molecular weight excluding hydrogens is 336 g/mol. The Bertz CT molecular complexity index is 793. The molecule has 2 aromatic rings. The van der Waals surface area contributed by atoms with Crippen molar-refractivity contribution in [2.24, 2.45) is 5.92 Å². The lowest BCUT2D eigenvalue weighted by molar-refractivity contribution is -0.145. The summed E-state index contributed by atoms with van der Waals surface area (Å²) in [5.41, 5.74) is 5.07. The number of benzene rings is 2. The van der Waals surface area contributed by atoms with E-state index in [9.17, 15) is 9.90 Å². The monoisotopic (exact) mass is 364 g/mol. The maximum absolute atomic E-state index is 11.3. The number of nitrogens with zero attached hydrogens (tertiary/aromatic N) is 1. The maximum Gasteiger partial charge on any atom is 0.306 e. The lowest BCUT2D eigenvalue weighted by Crippen LogP contribution is -2.54. The first-order valence-electron chi connectivity index (χ1n) is 10.0. The van der Waals surface area contributed by atoms with Gasteiger partial charge < -0.3 is 15.3 Å². The van der Waals surface area contributed by atoms with Crippen LogP contribution in [0.4, 0.5) is 5.69 Å². The summed E-state index contributed by atoms with van der Waals surface area (Å²) < 4.78 is 0. The number of anilines is 1. The minimum atomic E-state index is -0.647. The van der Waals surface area contributed by atoms with Crippen LogP contribution in [0.5, 0.6) is 0 Å². The molecule has 2 aromatic carbocycles. The second-order valence-corrected chi connectivity index (χ2v) is 7.86. The smallest absolute Gasteiger partial charge is 0.306 e. The highest BCUT2D eigenvalue weighted by atomic mass is 16.4. The number of rotatable bonds is 5. The van der Waals surface area contributed by atoms with Crippen molar-refractivity contribution >= 4 is 11.7 Å². The van der Waals surface area contributed by atoms with E-state index >= 15 is 0 Å². The van der Waals surface area contributed by atoms with Crippen LogP contribution in [0.25, 0.3) is 11.1 Å². The van der Waals surface area contributed by atoms with Crippen LogP contribution in [0.3, 0.4) is 0 Å². The third-order valence-corrected chi connectivity index (χ3v) is 6.23. The molecule has 0 aromatic heterocycles. The van der Waals surface area contributed by atoms with E-state index in [1.54, 1.807) is 0 Å². The fraction of sp³-hybridized carbons (Fsp3) is 0.435. The van der Waals surface area contributed by atoms with E-state index in [2.05, 4.69) is 59.6 Å². The van der Waals surface area contributed by atoms with Gasteiger partial charge in [0.25, 0.3) is 0 Å². The average molecular weight is 364 g/mol. The molecule has 27 heavy (non-hydrogen) atoms. The molecule has 1 aliphatic carbocycles. The largest absolute Gasteiger partial charge is 0.481 e. The molecule has 1 heterocycles. The molecule has 0 radical (unpaired) electrons. The van der Waals surface area contributed by atoms with Crippen molar-refractivity contribution in [3.63, 3.8) is 0 Å². The fourth-order valence-corrected chi connectivity index (χ4v) is 4.63. The summed E-state index contributed by atoms with van der Waals surface area (Å²) in [6.07, 6.45) is 3.75. The number of carboxylic acids is 1. The topological polar surface area (TPSA) is 52.6 Å². The van der Waals surface area contributed by atoms with Gasteiger partial charge in [-0.2, -0.15) is 0 Å². The van der Waals surface area contributed by atoms with Crippen LogP contribution >= 0.6 is 0 Å². The maximum atomic E-state index is 11.3. The summed E-state index contributed by atoms with van der Waals surface area (Å²) in [5.74, 6) is -0.830. The van der Waals surface area contributed by atoms with Crippen LogP contribution in [0.15, 0.2) is 48.5 Å². The summed E-state index contributed by atoms with van der Waals surface area (Å²) in [6, 6.07) is 17.9. The molecule has 4 rings (SSSR count). The van der Waals surface area contributed by atoms with Gasteiger partial charge in [0.1, 0.15) is 0 Å². The van der Waals surface area contributed by atoms with Crippen LogP contribution in [0, 0.1) is 12.8 Å². The van der Waals surface area contributed by atoms with Crippen LogP contribution in [0.2, 0.25) is 0 Å². The normalized spacial score (nSPS) is 22.9. The van der Waals surface area contributed by atoms with Crippen molar-refractivity contribution in [3.8, 4) is 11.1 Å². The molecule has 1 aliphatic heterocycles. The highest BCUT2D eigenvalue weighted by Crippen LogP contribution is 2.40. The third-order valence-electron chi connectivity index (χ3n) is 6.23.